The molecule has 0 aliphatic rings. The van der Waals surface area contributed by atoms with Gasteiger partial charge in [-0.15, -0.1) is 0 Å². The van der Waals surface area contributed by atoms with Crippen molar-refractivity contribution in [2.45, 2.75) is 245 Å². The lowest BCUT2D eigenvalue weighted by Gasteiger charge is -2.06. The Morgan fingerprint density at radius 3 is 1.00 bits per heavy atom. The van der Waals surface area contributed by atoms with E-state index in [9.17, 15) is 4.79 Å². The maximum Gasteiger partial charge on any atom is 0.305 e. The average Bonchev–Trinajstić information content (AvgIpc) is 3.03. The fourth-order valence-electron chi connectivity index (χ4n) is 6.31. The number of hydrogen-bond donors (Lipinski definition) is 0. The third-order valence-electron chi connectivity index (χ3n) is 9.40. The maximum atomic E-state index is 12.0. The number of rotatable bonds is 38. The van der Waals surface area contributed by atoms with E-state index in [1.165, 1.54) is 212 Å². The third-order valence-corrected chi connectivity index (χ3v) is 9.40. The highest BCUT2D eigenvalue weighted by Gasteiger charge is 2.03. The first-order chi connectivity index (χ1) is 21.8. The Labute approximate surface area is 278 Å². The number of carbonyl (C=O) groups excluding carboxylic acids is 1. The van der Waals surface area contributed by atoms with Crippen molar-refractivity contribution in [3.63, 3.8) is 0 Å². The minimum atomic E-state index is 0.0231. The molecular weight excluding hydrogens is 536 g/mol. The molecule has 0 aromatic heterocycles. The molecule has 0 aromatic carbocycles. The van der Waals surface area contributed by atoms with Crippen LogP contribution in [0.25, 0.3) is 0 Å². The quantitative estimate of drug-likeness (QED) is 0.0391. The zero-order valence-electron chi connectivity index (χ0n) is 30.6. The molecule has 0 fully saturated rings. The maximum absolute atomic E-state index is 12.0. The summed E-state index contributed by atoms with van der Waals surface area (Å²) in [6.07, 6.45) is 53.0. The van der Waals surface area contributed by atoms with Gasteiger partial charge in [-0.25, -0.2) is 0 Å². The molecule has 0 aliphatic heterocycles. The Balaban J connectivity index is 3.16. The molecule has 0 aromatic rings. The van der Waals surface area contributed by atoms with E-state index in [2.05, 4.69) is 26.0 Å². The van der Waals surface area contributed by atoms with E-state index in [1.54, 1.807) is 0 Å². The second-order valence-corrected chi connectivity index (χ2v) is 14.0. The van der Waals surface area contributed by atoms with Crippen LogP contribution in [-0.4, -0.2) is 12.6 Å². The average molecular weight is 619 g/mol. The van der Waals surface area contributed by atoms with Crippen molar-refractivity contribution < 1.29 is 9.53 Å². The highest BCUT2D eigenvalue weighted by atomic mass is 16.5. The molecule has 0 aliphatic carbocycles. The summed E-state index contributed by atoms with van der Waals surface area (Å²) in [4.78, 5) is 12.0. The highest BCUT2D eigenvalue weighted by molar-refractivity contribution is 5.69. The van der Waals surface area contributed by atoms with E-state index < -0.39 is 0 Å². The van der Waals surface area contributed by atoms with Gasteiger partial charge in [0.15, 0.2) is 0 Å². The van der Waals surface area contributed by atoms with E-state index >= 15 is 0 Å². The molecule has 0 saturated heterocycles. The van der Waals surface area contributed by atoms with Gasteiger partial charge in [-0.05, 0) is 38.5 Å². The zero-order chi connectivity index (χ0) is 31.9. The lowest BCUT2D eigenvalue weighted by molar-refractivity contribution is -0.143. The van der Waals surface area contributed by atoms with Gasteiger partial charge in [0.25, 0.3) is 0 Å². The number of ether oxygens (including phenoxy) is 1. The van der Waals surface area contributed by atoms with Crippen LogP contribution < -0.4 is 0 Å². The van der Waals surface area contributed by atoms with E-state index in [1.807, 2.05) is 0 Å². The fraction of sp³-hybridized carbons (Fsp3) is 0.929. The van der Waals surface area contributed by atoms with E-state index in [0.29, 0.717) is 13.0 Å². The Kier molecular flexibility index (Phi) is 39.5. The van der Waals surface area contributed by atoms with Gasteiger partial charge in [-0.2, -0.15) is 0 Å². The van der Waals surface area contributed by atoms with E-state index in [-0.39, 0.29) is 5.97 Å². The minimum absolute atomic E-state index is 0.0231. The molecule has 2 nitrogen and oxygen atoms in total. The molecule has 0 N–H and O–H groups in total. The molecule has 44 heavy (non-hydrogen) atoms. The summed E-state index contributed by atoms with van der Waals surface area (Å²) < 4.78 is 5.45. The summed E-state index contributed by atoms with van der Waals surface area (Å²) in [7, 11) is 0. The van der Waals surface area contributed by atoms with E-state index in [4.69, 9.17) is 4.74 Å². The van der Waals surface area contributed by atoms with Crippen molar-refractivity contribution in [2.24, 2.45) is 0 Å². The van der Waals surface area contributed by atoms with Crippen LogP contribution >= 0.6 is 0 Å². The third kappa shape index (κ3) is 39.2. The van der Waals surface area contributed by atoms with Gasteiger partial charge in [0.1, 0.15) is 0 Å². The van der Waals surface area contributed by atoms with Crippen LogP contribution in [0.5, 0.6) is 0 Å². The van der Waals surface area contributed by atoms with E-state index in [0.717, 1.165) is 12.8 Å². The molecule has 0 spiro atoms. The molecule has 2 heteroatoms. The van der Waals surface area contributed by atoms with Crippen LogP contribution in [0.1, 0.15) is 245 Å². The summed E-state index contributed by atoms with van der Waals surface area (Å²) in [6, 6.07) is 0. The van der Waals surface area contributed by atoms with Gasteiger partial charge in [-0.1, -0.05) is 212 Å². The summed E-state index contributed by atoms with van der Waals surface area (Å²) in [5, 5.41) is 0. The summed E-state index contributed by atoms with van der Waals surface area (Å²) in [6.45, 7) is 5.20. The Hall–Kier alpha value is -0.790. The second-order valence-electron chi connectivity index (χ2n) is 14.0. The van der Waals surface area contributed by atoms with Crippen LogP contribution in [0, 0.1) is 0 Å². The summed E-state index contributed by atoms with van der Waals surface area (Å²) in [5.74, 6) is 0.0231. The monoisotopic (exact) mass is 619 g/mol. The molecule has 262 valence electrons. The first-order valence-electron chi connectivity index (χ1n) is 20.6. The molecule has 0 rings (SSSR count). The van der Waals surface area contributed by atoms with Crippen molar-refractivity contribution >= 4 is 5.97 Å². The topological polar surface area (TPSA) is 26.3 Å². The van der Waals surface area contributed by atoms with Crippen LogP contribution in [-0.2, 0) is 9.53 Å². The lowest BCUT2D eigenvalue weighted by atomic mass is 10.0. The van der Waals surface area contributed by atoms with Crippen molar-refractivity contribution in [3.8, 4) is 0 Å². The minimum Gasteiger partial charge on any atom is -0.466 e. The Morgan fingerprint density at radius 1 is 0.364 bits per heavy atom. The number of hydrogen-bond acceptors (Lipinski definition) is 2. The number of carbonyl (C=O) groups is 1. The standard InChI is InChI=1S/C42H82O2/c1-3-5-7-9-11-13-15-17-19-20-21-22-23-24-25-26-27-28-30-32-34-36-38-40-42(43)44-41-39-37-35-33-31-29-18-16-14-12-10-8-6-4-2/h14,16H,3-13,15,17-41H2,1-2H3/b16-14-. The first-order valence-corrected chi connectivity index (χ1v) is 20.6. The molecule has 0 radical (unpaired) electrons. The normalized spacial score (nSPS) is 11.6. The van der Waals surface area contributed by atoms with Crippen molar-refractivity contribution in [1.29, 1.82) is 0 Å². The SMILES string of the molecule is CCCCCC/C=C\CCCCCCCCOC(=O)CCCCCCCCCCCCCCCCCCCCCCCCC. The van der Waals surface area contributed by atoms with Gasteiger partial charge in [0.05, 0.1) is 6.61 Å². The molecule has 0 unspecified atom stereocenters. The lowest BCUT2D eigenvalue weighted by Crippen LogP contribution is -2.05. The molecular formula is C42H82O2. The predicted molar refractivity (Wildman–Crippen MR) is 198 cm³/mol. The molecule has 0 atom stereocenters. The van der Waals surface area contributed by atoms with Gasteiger partial charge in [-0.3, -0.25) is 4.79 Å². The predicted octanol–water partition coefficient (Wildman–Crippen LogP) is 15.2. The van der Waals surface area contributed by atoms with Crippen molar-refractivity contribution in [2.75, 3.05) is 6.61 Å². The molecule has 0 heterocycles. The van der Waals surface area contributed by atoms with Crippen molar-refractivity contribution in [3.05, 3.63) is 12.2 Å². The van der Waals surface area contributed by atoms with Crippen LogP contribution in [0.3, 0.4) is 0 Å². The van der Waals surface area contributed by atoms with Crippen LogP contribution in [0.2, 0.25) is 0 Å². The van der Waals surface area contributed by atoms with Gasteiger partial charge < -0.3 is 4.74 Å². The summed E-state index contributed by atoms with van der Waals surface area (Å²) >= 11 is 0. The molecule has 0 saturated carbocycles. The Bertz CT molecular complexity index is 554. The van der Waals surface area contributed by atoms with Crippen LogP contribution in [0.15, 0.2) is 12.2 Å². The smallest absolute Gasteiger partial charge is 0.305 e. The number of unbranched alkanes of at least 4 members (excludes halogenated alkanes) is 32. The molecule has 0 amide bonds. The second kappa shape index (κ2) is 40.2. The van der Waals surface area contributed by atoms with Gasteiger partial charge in [0, 0.05) is 6.42 Å². The van der Waals surface area contributed by atoms with Gasteiger partial charge >= 0.3 is 5.97 Å². The largest absolute Gasteiger partial charge is 0.466 e. The molecule has 0 bridgehead atoms. The van der Waals surface area contributed by atoms with Crippen LogP contribution in [0.4, 0.5) is 0 Å². The number of allylic oxidation sites excluding steroid dienone is 2. The Morgan fingerprint density at radius 2 is 0.636 bits per heavy atom. The fourth-order valence-corrected chi connectivity index (χ4v) is 6.31. The van der Waals surface area contributed by atoms with Gasteiger partial charge in [0.2, 0.25) is 0 Å². The highest BCUT2D eigenvalue weighted by Crippen LogP contribution is 2.16. The zero-order valence-corrected chi connectivity index (χ0v) is 30.6. The number of esters is 1. The van der Waals surface area contributed by atoms with Crippen molar-refractivity contribution in [1.82, 2.24) is 0 Å². The summed E-state index contributed by atoms with van der Waals surface area (Å²) in [5.41, 5.74) is 0. The first kappa shape index (κ1) is 43.2.